The predicted molar refractivity (Wildman–Crippen MR) is 114 cm³/mol. The van der Waals surface area contributed by atoms with Gasteiger partial charge in [0.15, 0.2) is 0 Å². The third-order valence-corrected chi connectivity index (χ3v) is 5.76. The van der Waals surface area contributed by atoms with E-state index in [-0.39, 0.29) is 17.9 Å². The summed E-state index contributed by atoms with van der Waals surface area (Å²) in [7, 11) is 1.95. The Balaban J connectivity index is 1.30. The van der Waals surface area contributed by atoms with Crippen LogP contribution in [0.4, 0.5) is 0 Å². The molecule has 2 N–H and O–H groups in total. The van der Waals surface area contributed by atoms with Crippen molar-refractivity contribution in [3.8, 4) is 11.4 Å². The molecule has 1 fully saturated rings. The summed E-state index contributed by atoms with van der Waals surface area (Å²) in [4.78, 5) is 17.3. The molecule has 1 aliphatic rings. The normalized spacial score (nSPS) is 18.7. The number of rotatable bonds is 5. The summed E-state index contributed by atoms with van der Waals surface area (Å²) >= 11 is 0. The van der Waals surface area contributed by atoms with Crippen LogP contribution in [-0.4, -0.2) is 44.9 Å². The van der Waals surface area contributed by atoms with Crippen LogP contribution < -0.4 is 5.32 Å². The number of benzene rings is 1. The molecule has 0 radical (unpaired) electrons. The van der Waals surface area contributed by atoms with Gasteiger partial charge in [0.2, 0.25) is 0 Å². The van der Waals surface area contributed by atoms with Gasteiger partial charge < -0.3 is 14.6 Å². The summed E-state index contributed by atoms with van der Waals surface area (Å²) in [5.74, 6) is 0.0399. The predicted octanol–water partition coefficient (Wildman–Crippen LogP) is 2.95. The fourth-order valence-electron chi connectivity index (χ4n) is 4.12. The zero-order chi connectivity index (χ0) is 20.5. The smallest absolute Gasteiger partial charge is 0.269 e. The number of carbonyl (C=O) groups excluding carboxylic acids is 1. The van der Waals surface area contributed by atoms with Gasteiger partial charge in [-0.3, -0.25) is 14.9 Å². The summed E-state index contributed by atoms with van der Waals surface area (Å²) in [6.45, 7) is 1.14. The monoisotopic (exact) mass is 401 g/mol. The number of hydrogen-bond donors (Lipinski definition) is 2. The maximum Gasteiger partial charge on any atom is 0.269 e. The number of para-hydroxylation sites is 1. The van der Waals surface area contributed by atoms with Gasteiger partial charge in [-0.2, -0.15) is 5.10 Å². The molecule has 1 amide bonds. The van der Waals surface area contributed by atoms with Gasteiger partial charge in [0.25, 0.3) is 5.91 Å². The van der Waals surface area contributed by atoms with Crippen molar-refractivity contribution in [1.29, 1.82) is 0 Å². The summed E-state index contributed by atoms with van der Waals surface area (Å²) in [5, 5.41) is 11.4. The van der Waals surface area contributed by atoms with E-state index in [2.05, 4.69) is 32.6 Å². The Bertz CT molecular complexity index is 1190. The third-order valence-electron chi connectivity index (χ3n) is 5.76. The van der Waals surface area contributed by atoms with Gasteiger partial charge >= 0.3 is 0 Å². The van der Waals surface area contributed by atoms with E-state index >= 15 is 0 Å². The topological polar surface area (TPSA) is 84.8 Å². The van der Waals surface area contributed by atoms with Crippen LogP contribution >= 0.6 is 0 Å². The zero-order valence-electron chi connectivity index (χ0n) is 16.7. The van der Waals surface area contributed by atoms with Crippen molar-refractivity contribution >= 4 is 16.8 Å². The first kappa shape index (κ1) is 18.6. The minimum Gasteiger partial charge on any atom is -0.379 e. The molecule has 4 heterocycles. The number of carbonyl (C=O) groups is 1. The molecule has 5 rings (SSSR count). The van der Waals surface area contributed by atoms with E-state index in [0.29, 0.717) is 18.9 Å². The maximum atomic E-state index is 12.8. The van der Waals surface area contributed by atoms with Crippen molar-refractivity contribution in [3.63, 3.8) is 0 Å². The number of H-pyrrole nitrogens is 1. The van der Waals surface area contributed by atoms with Gasteiger partial charge in [0.1, 0.15) is 11.4 Å². The molecule has 0 bridgehead atoms. The van der Waals surface area contributed by atoms with Crippen LogP contribution in [0.15, 0.2) is 60.9 Å². The Morgan fingerprint density at radius 2 is 2.13 bits per heavy atom. The molecule has 0 aliphatic carbocycles. The van der Waals surface area contributed by atoms with Crippen molar-refractivity contribution < 1.29 is 9.53 Å². The van der Waals surface area contributed by atoms with Gasteiger partial charge in [-0.1, -0.05) is 18.2 Å². The number of nitrogens with zero attached hydrogens (tertiary/aromatic N) is 3. The van der Waals surface area contributed by atoms with E-state index in [1.807, 2.05) is 54.3 Å². The lowest BCUT2D eigenvalue weighted by Gasteiger charge is -2.19. The van der Waals surface area contributed by atoms with Crippen LogP contribution in [0.2, 0.25) is 0 Å². The van der Waals surface area contributed by atoms with Gasteiger partial charge in [-0.25, -0.2) is 0 Å². The number of amides is 1. The molecule has 30 heavy (non-hydrogen) atoms. The summed E-state index contributed by atoms with van der Waals surface area (Å²) < 4.78 is 7.68. The molecule has 0 spiro atoms. The maximum absolute atomic E-state index is 12.8. The Morgan fingerprint density at radius 3 is 3.00 bits per heavy atom. The molecular formula is C23H23N5O2. The molecule has 0 saturated carbocycles. The second-order valence-corrected chi connectivity index (χ2v) is 7.74. The lowest BCUT2D eigenvalue weighted by Crippen LogP contribution is -2.40. The molecule has 4 aromatic rings. The highest BCUT2D eigenvalue weighted by Crippen LogP contribution is 2.24. The molecule has 1 aliphatic heterocycles. The first-order valence-electron chi connectivity index (χ1n) is 10.1. The number of ether oxygens (including phenoxy) is 1. The van der Waals surface area contributed by atoms with Crippen molar-refractivity contribution in [2.24, 2.45) is 13.0 Å². The highest BCUT2D eigenvalue weighted by Gasteiger charge is 2.30. The van der Waals surface area contributed by atoms with Gasteiger partial charge in [-0.15, -0.1) is 0 Å². The summed E-state index contributed by atoms with van der Waals surface area (Å²) in [6.07, 6.45) is 4.62. The lowest BCUT2D eigenvalue weighted by atomic mass is 9.93. The molecule has 1 aromatic carbocycles. The summed E-state index contributed by atoms with van der Waals surface area (Å²) in [6, 6.07) is 15.8. The SMILES string of the molecule is Cn1cccc1-c1cc(C(=O)N[C@H]2COC[C@H]2Cc2ccnc3ccccc23)[nH]n1. The molecule has 2 atom stereocenters. The summed E-state index contributed by atoms with van der Waals surface area (Å²) in [5.41, 5.74) is 4.36. The Labute approximate surface area is 174 Å². The average Bonchev–Trinajstić information content (AvgIpc) is 3.50. The highest BCUT2D eigenvalue weighted by molar-refractivity contribution is 5.93. The van der Waals surface area contributed by atoms with Crippen LogP contribution in [-0.2, 0) is 18.2 Å². The van der Waals surface area contributed by atoms with E-state index in [1.54, 1.807) is 6.07 Å². The molecule has 3 aromatic heterocycles. The quantitative estimate of drug-likeness (QED) is 0.538. The standard InChI is InChI=1S/C23H23N5O2/c1-28-10-4-7-22(28)19-12-20(27-26-19)23(29)25-21-14-30-13-16(21)11-15-8-9-24-18-6-3-2-5-17(15)18/h2-10,12,16,21H,11,13-14H2,1H3,(H,25,29)(H,26,27)/t16-,21+/m1/s1. The number of hydrogen-bond acceptors (Lipinski definition) is 4. The molecular weight excluding hydrogens is 378 g/mol. The second kappa shape index (κ2) is 7.76. The fourth-order valence-corrected chi connectivity index (χ4v) is 4.12. The second-order valence-electron chi connectivity index (χ2n) is 7.74. The van der Waals surface area contributed by atoms with E-state index < -0.39 is 0 Å². The fraction of sp³-hybridized carbons (Fsp3) is 0.261. The first-order chi connectivity index (χ1) is 14.7. The molecule has 152 valence electrons. The van der Waals surface area contributed by atoms with Crippen LogP contribution in [0.5, 0.6) is 0 Å². The van der Waals surface area contributed by atoms with E-state index in [9.17, 15) is 4.79 Å². The van der Waals surface area contributed by atoms with Gasteiger partial charge in [0, 0.05) is 30.7 Å². The zero-order valence-corrected chi connectivity index (χ0v) is 16.7. The molecule has 0 unspecified atom stereocenters. The number of aromatic nitrogens is 4. The Kier molecular flexibility index (Phi) is 4.80. The molecule has 7 heteroatoms. The van der Waals surface area contributed by atoms with Crippen molar-refractivity contribution in [3.05, 3.63) is 72.2 Å². The molecule has 1 saturated heterocycles. The Hall–Kier alpha value is -3.45. The van der Waals surface area contributed by atoms with E-state index in [4.69, 9.17) is 4.74 Å². The van der Waals surface area contributed by atoms with Crippen molar-refractivity contribution in [1.82, 2.24) is 25.1 Å². The number of aromatic amines is 1. The van der Waals surface area contributed by atoms with Crippen molar-refractivity contribution in [2.75, 3.05) is 13.2 Å². The largest absolute Gasteiger partial charge is 0.379 e. The number of nitrogens with one attached hydrogen (secondary N) is 2. The van der Waals surface area contributed by atoms with Gasteiger partial charge in [0.05, 0.1) is 30.5 Å². The number of pyridine rings is 1. The average molecular weight is 401 g/mol. The third kappa shape index (κ3) is 3.48. The van der Waals surface area contributed by atoms with Crippen LogP contribution in [0.3, 0.4) is 0 Å². The van der Waals surface area contributed by atoms with E-state index in [0.717, 1.165) is 28.7 Å². The number of fused-ring (bicyclic) bond motifs is 1. The first-order valence-corrected chi connectivity index (χ1v) is 10.1. The minimum atomic E-state index is -0.164. The Morgan fingerprint density at radius 1 is 1.23 bits per heavy atom. The minimum absolute atomic E-state index is 0.0498. The number of aryl methyl sites for hydroxylation is 1. The van der Waals surface area contributed by atoms with Crippen LogP contribution in [0.25, 0.3) is 22.3 Å². The van der Waals surface area contributed by atoms with Gasteiger partial charge in [-0.05, 0) is 42.3 Å². The van der Waals surface area contributed by atoms with Crippen LogP contribution in [0.1, 0.15) is 16.1 Å². The van der Waals surface area contributed by atoms with Crippen LogP contribution in [0, 0.1) is 5.92 Å². The highest BCUT2D eigenvalue weighted by atomic mass is 16.5. The van der Waals surface area contributed by atoms with E-state index in [1.165, 1.54) is 5.56 Å². The molecule has 7 nitrogen and oxygen atoms in total. The van der Waals surface area contributed by atoms with Crippen molar-refractivity contribution in [2.45, 2.75) is 12.5 Å². The lowest BCUT2D eigenvalue weighted by molar-refractivity contribution is 0.0920.